The third kappa shape index (κ3) is 4.45. The molecule has 27 heavy (non-hydrogen) atoms. The smallest absolute Gasteiger partial charge is 0.258 e. The fourth-order valence-electron chi connectivity index (χ4n) is 2.50. The molecule has 0 saturated heterocycles. The number of benzene rings is 2. The van der Waals surface area contributed by atoms with Crippen LogP contribution in [0.1, 0.15) is 26.3 Å². The van der Waals surface area contributed by atoms with Crippen LogP contribution in [0.5, 0.6) is 0 Å². The lowest BCUT2D eigenvalue weighted by molar-refractivity contribution is 0.101. The van der Waals surface area contributed by atoms with Crippen molar-refractivity contribution in [1.29, 1.82) is 0 Å². The molecule has 2 aromatic carbocycles. The quantitative estimate of drug-likeness (QED) is 0.632. The number of carbonyl (C=O) groups is 2. The summed E-state index contributed by atoms with van der Waals surface area (Å²) in [4.78, 5) is 29.0. The number of carbonyl (C=O) groups excluding carboxylic acids is 2. The molecule has 0 bridgehead atoms. The van der Waals surface area contributed by atoms with Crippen molar-refractivity contribution >= 4 is 46.5 Å². The molecule has 1 heterocycles. The van der Waals surface area contributed by atoms with E-state index in [2.05, 4.69) is 15.6 Å². The topological polar surface area (TPSA) is 71.1 Å². The number of amides is 2. The average Bonchev–Trinajstić information content (AvgIpc) is 2.62. The van der Waals surface area contributed by atoms with E-state index >= 15 is 0 Å². The number of aryl methyl sites for hydroxylation is 1. The lowest BCUT2D eigenvalue weighted by Gasteiger charge is -2.10. The summed E-state index contributed by atoms with van der Waals surface area (Å²) in [7, 11) is 0. The van der Waals surface area contributed by atoms with Crippen LogP contribution in [0.3, 0.4) is 0 Å². The van der Waals surface area contributed by atoms with Crippen molar-refractivity contribution in [3.8, 4) is 0 Å². The van der Waals surface area contributed by atoms with Gasteiger partial charge in [-0.15, -0.1) is 0 Å². The zero-order valence-electron chi connectivity index (χ0n) is 14.3. The van der Waals surface area contributed by atoms with Crippen molar-refractivity contribution < 1.29 is 9.59 Å². The first-order chi connectivity index (χ1) is 13.0. The Balaban J connectivity index is 1.77. The van der Waals surface area contributed by atoms with E-state index in [0.29, 0.717) is 17.1 Å². The highest BCUT2D eigenvalue weighted by Gasteiger charge is 2.15. The van der Waals surface area contributed by atoms with Crippen molar-refractivity contribution in [2.24, 2.45) is 0 Å². The van der Waals surface area contributed by atoms with E-state index in [9.17, 15) is 9.59 Å². The van der Waals surface area contributed by atoms with Gasteiger partial charge in [0.2, 0.25) is 0 Å². The molecule has 136 valence electrons. The van der Waals surface area contributed by atoms with Crippen molar-refractivity contribution in [1.82, 2.24) is 4.98 Å². The van der Waals surface area contributed by atoms with Gasteiger partial charge in [-0.25, -0.2) is 4.98 Å². The van der Waals surface area contributed by atoms with Crippen molar-refractivity contribution in [3.63, 3.8) is 0 Å². The maximum Gasteiger partial charge on any atom is 0.258 e. The molecule has 0 aliphatic heterocycles. The maximum absolute atomic E-state index is 12.5. The number of hydrogen-bond acceptors (Lipinski definition) is 3. The summed E-state index contributed by atoms with van der Waals surface area (Å²) in [5, 5.41) is 5.93. The number of aromatic nitrogens is 1. The third-order valence-corrected chi connectivity index (χ3v) is 4.47. The van der Waals surface area contributed by atoms with Gasteiger partial charge in [-0.05, 0) is 36.8 Å². The molecule has 0 fully saturated rings. The predicted molar refractivity (Wildman–Crippen MR) is 108 cm³/mol. The monoisotopic (exact) mass is 399 g/mol. The molecule has 2 amide bonds. The minimum Gasteiger partial charge on any atom is -0.322 e. The Bertz CT molecular complexity index is 1000. The van der Waals surface area contributed by atoms with E-state index < -0.39 is 5.91 Å². The molecule has 0 atom stereocenters. The van der Waals surface area contributed by atoms with Crippen molar-refractivity contribution in [2.75, 3.05) is 10.6 Å². The average molecular weight is 400 g/mol. The fraction of sp³-hybridized carbons (Fsp3) is 0.0500. The number of pyridine rings is 1. The van der Waals surface area contributed by atoms with E-state index in [1.54, 1.807) is 42.5 Å². The Morgan fingerprint density at radius 3 is 2.30 bits per heavy atom. The molecule has 3 rings (SSSR count). The molecule has 0 unspecified atom stereocenters. The van der Waals surface area contributed by atoms with E-state index in [1.807, 2.05) is 19.1 Å². The van der Waals surface area contributed by atoms with Crippen LogP contribution in [-0.2, 0) is 0 Å². The van der Waals surface area contributed by atoms with Crippen LogP contribution < -0.4 is 10.6 Å². The van der Waals surface area contributed by atoms with Crippen LogP contribution in [0.2, 0.25) is 10.0 Å². The zero-order chi connectivity index (χ0) is 19.4. The van der Waals surface area contributed by atoms with Crippen LogP contribution >= 0.6 is 23.2 Å². The molecular formula is C20H15Cl2N3O2. The van der Waals surface area contributed by atoms with Crippen LogP contribution in [0, 0.1) is 6.92 Å². The maximum atomic E-state index is 12.5. The van der Waals surface area contributed by atoms with Gasteiger partial charge in [-0.2, -0.15) is 0 Å². The Labute approximate surface area is 166 Å². The van der Waals surface area contributed by atoms with Gasteiger partial charge in [0.05, 0.1) is 15.6 Å². The number of halogens is 2. The molecule has 0 spiro atoms. The van der Waals surface area contributed by atoms with Gasteiger partial charge >= 0.3 is 0 Å². The van der Waals surface area contributed by atoms with Crippen molar-refractivity contribution in [3.05, 3.63) is 87.5 Å². The van der Waals surface area contributed by atoms with Gasteiger partial charge in [0.15, 0.2) is 0 Å². The SMILES string of the molecule is Cc1ccccc1C(=O)Nc1cc(NC(=O)c2c(Cl)cccc2Cl)ccn1. The van der Waals surface area contributed by atoms with Gasteiger partial charge in [-0.1, -0.05) is 47.5 Å². The second-order valence-corrected chi connectivity index (χ2v) is 6.56. The second kappa shape index (κ2) is 8.20. The van der Waals surface area contributed by atoms with Crippen LogP contribution in [0.15, 0.2) is 60.8 Å². The lowest BCUT2D eigenvalue weighted by atomic mass is 10.1. The third-order valence-electron chi connectivity index (χ3n) is 3.84. The summed E-state index contributed by atoms with van der Waals surface area (Å²) >= 11 is 12.1. The second-order valence-electron chi connectivity index (χ2n) is 5.75. The molecule has 7 heteroatoms. The van der Waals surface area contributed by atoms with Gasteiger partial charge in [0, 0.05) is 23.5 Å². The summed E-state index contributed by atoms with van der Waals surface area (Å²) < 4.78 is 0. The molecule has 0 aliphatic carbocycles. The number of rotatable bonds is 4. The summed E-state index contributed by atoms with van der Waals surface area (Å²) in [5.74, 6) is -0.419. The molecule has 2 N–H and O–H groups in total. The molecular weight excluding hydrogens is 385 g/mol. The highest BCUT2D eigenvalue weighted by Crippen LogP contribution is 2.25. The van der Waals surface area contributed by atoms with Crippen LogP contribution in [0.25, 0.3) is 0 Å². The number of nitrogens with zero attached hydrogens (tertiary/aromatic N) is 1. The predicted octanol–water partition coefficient (Wildman–Crippen LogP) is 5.20. The van der Waals surface area contributed by atoms with Crippen LogP contribution in [-0.4, -0.2) is 16.8 Å². The normalized spacial score (nSPS) is 10.3. The van der Waals surface area contributed by atoms with Gasteiger partial charge < -0.3 is 10.6 Å². The fourth-order valence-corrected chi connectivity index (χ4v) is 3.07. The Morgan fingerprint density at radius 2 is 1.59 bits per heavy atom. The van der Waals surface area contributed by atoms with Gasteiger partial charge in [0.25, 0.3) is 11.8 Å². The first-order valence-corrected chi connectivity index (χ1v) is 8.79. The van der Waals surface area contributed by atoms with Gasteiger partial charge in [-0.3, -0.25) is 9.59 Å². The summed E-state index contributed by atoms with van der Waals surface area (Å²) in [6.07, 6.45) is 1.48. The molecule has 0 saturated carbocycles. The number of anilines is 2. The first-order valence-electron chi connectivity index (χ1n) is 8.04. The lowest BCUT2D eigenvalue weighted by Crippen LogP contribution is -2.16. The Hall–Kier alpha value is -2.89. The first kappa shape index (κ1) is 18.9. The zero-order valence-corrected chi connectivity index (χ0v) is 15.8. The van der Waals surface area contributed by atoms with Crippen LogP contribution in [0.4, 0.5) is 11.5 Å². The highest BCUT2D eigenvalue weighted by atomic mass is 35.5. The summed E-state index contributed by atoms with van der Waals surface area (Å²) in [6, 6.07) is 15.2. The molecule has 5 nitrogen and oxygen atoms in total. The molecule has 0 aliphatic rings. The highest BCUT2D eigenvalue weighted by molar-refractivity contribution is 6.40. The van der Waals surface area contributed by atoms with E-state index in [1.165, 1.54) is 6.20 Å². The Morgan fingerprint density at radius 1 is 0.889 bits per heavy atom. The van der Waals surface area contributed by atoms with E-state index in [-0.39, 0.29) is 21.5 Å². The number of hydrogen-bond donors (Lipinski definition) is 2. The summed E-state index contributed by atoms with van der Waals surface area (Å²) in [6.45, 7) is 1.85. The minimum atomic E-state index is -0.451. The van der Waals surface area contributed by atoms with E-state index in [0.717, 1.165) is 5.56 Å². The molecule has 1 aromatic heterocycles. The van der Waals surface area contributed by atoms with Crippen molar-refractivity contribution in [2.45, 2.75) is 6.92 Å². The number of nitrogens with one attached hydrogen (secondary N) is 2. The Kier molecular flexibility index (Phi) is 5.74. The molecule has 3 aromatic rings. The van der Waals surface area contributed by atoms with E-state index in [4.69, 9.17) is 23.2 Å². The summed E-state index contributed by atoms with van der Waals surface area (Å²) in [5.41, 5.74) is 2.04. The standard InChI is InChI=1S/C20H15Cl2N3O2/c1-12-5-2-3-6-14(12)19(26)25-17-11-13(9-10-23-17)24-20(27)18-15(21)7-4-8-16(18)22/h2-11H,1H3,(H2,23,24,25,26,27). The van der Waals surface area contributed by atoms with Gasteiger partial charge in [0.1, 0.15) is 5.82 Å². The molecule has 0 radical (unpaired) electrons. The largest absolute Gasteiger partial charge is 0.322 e. The minimum absolute atomic E-state index is 0.183.